The van der Waals surface area contributed by atoms with Crippen LogP contribution in [0.5, 0.6) is 0 Å². The molecular formula is C18H19N. The summed E-state index contributed by atoms with van der Waals surface area (Å²) in [5.41, 5.74) is 7.61. The van der Waals surface area contributed by atoms with Crippen molar-refractivity contribution in [1.29, 1.82) is 0 Å². The standard InChI is InChI=1S/C18H19N/c1-12(2)14-5-4-6-15(10-14)16-7-8-18-17(11-16)9-13(3)19-18/h4-8,10-12,19H,3,9H2,1-2H3. The minimum absolute atomic E-state index is 0.566. The number of nitrogens with one attached hydrogen (secondary N) is 1. The van der Waals surface area contributed by atoms with Crippen molar-refractivity contribution in [2.45, 2.75) is 26.2 Å². The Balaban J connectivity index is 2.01. The zero-order chi connectivity index (χ0) is 13.4. The monoisotopic (exact) mass is 249 g/mol. The van der Waals surface area contributed by atoms with Gasteiger partial charge in [0.2, 0.25) is 0 Å². The van der Waals surface area contributed by atoms with E-state index in [1.807, 2.05) is 0 Å². The van der Waals surface area contributed by atoms with Gasteiger partial charge in [0.05, 0.1) is 0 Å². The molecule has 1 nitrogen and oxygen atoms in total. The van der Waals surface area contributed by atoms with E-state index in [0.29, 0.717) is 5.92 Å². The van der Waals surface area contributed by atoms with Gasteiger partial charge in [-0.25, -0.2) is 0 Å². The molecule has 1 aliphatic rings. The Morgan fingerprint density at radius 1 is 1.05 bits per heavy atom. The van der Waals surface area contributed by atoms with E-state index in [1.54, 1.807) is 0 Å². The number of hydrogen-bond donors (Lipinski definition) is 1. The fraction of sp³-hybridized carbons (Fsp3) is 0.222. The Labute approximate surface area is 115 Å². The van der Waals surface area contributed by atoms with E-state index >= 15 is 0 Å². The molecule has 0 radical (unpaired) electrons. The Bertz CT molecular complexity index is 638. The number of anilines is 1. The highest BCUT2D eigenvalue weighted by Gasteiger charge is 2.13. The molecule has 0 spiro atoms. The number of allylic oxidation sites excluding steroid dienone is 1. The van der Waals surface area contributed by atoms with E-state index in [9.17, 15) is 0 Å². The number of fused-ring (bicyclic) bond motifs is 1. The Hall–Kier alpha value is -2.02. The summed E-state index contributed by atoms with van der Waals surface area (Å²) in [4.78, 5) is 0. The van der Waals surface area contributed by atoms with E-state index in [1.165, 1.54) is 27.9 Å². The first-order valence-electron chi connectivity index (χ1n) is 6.81. The smallest absolute Gasteiger partial charge is 0.0418 e. The van der Waals surface area contributed by atoms with Crippen LogP contribution in [-0.2, 0) is 6.42 Å². The molecule has 2 aromatic rings. The first kappa shape index (κ1) is 12.0. The van der Waals surface area contributed by atoms with E-state index in [4.69, 9.17) is 0 Å². The van der Waals surface area contributed by atoms with Crippen molar-refractivity contribution in [2.75, 3.05) is 5.32 Å². The SMILES string of the molecule is C=C1Cc2cc(-c3cccc(C(C)C)c3)ccc2N1. The lowest BCUT2D eigenvalue weighted by atomic mass is 9.96. The molecule has 0 bridgehead atoms. The molecule has 0 fully saturated rings. The van der Waals surface area contributed by atoms with Gasteiger partial charge in [-0.1, -0.05) is 50.8 Å². The predicted molar refractivity (Wildman–Crippen MR) is 82.4 cm³/mol. The van der Waals surface area contributed by atoms with Crippen molar-refractivity contribution < 1.29 is 0 Å². The molecule has 0 unspecified atom stereocenters. The molecule has 1 N–H and O–H groups in total. The van der Waals surface area contributed by atoms with Crippen molar-refractivity contribution in [3.8, 4) is 11.1 Å². The van der Waals surface area contributed by atoms with E-state index in [2.05, 4.69) is 68.2 Å². The van der Waals surface area contributed by atoms with Crippen molar-refractivity contribution in [3.05, 3.63) is 65.9 Å². The lowest BCUT2D eigenvalue weighted by molar-refractivity contribution is 0.867. The molecule has 96 valence electrons. The normalized spacial score (nSPS) is 13.5. The highest BCUT2D eigenvalue weighted by Crippen LogP contribution is 2.32. The first-order chi connectivity index (χ1) is 9.13. The molecular weight excluding hydrogens is 230 g/mol. The largest absolute Gasteiger partial charge is 0.359 e. The van der Waals surface area contributed by atoms with Crippen LogP contribution in [0.25, 0.3) is 11.1 Å². The molecule has 0 amide bonds. The second-order valence-corrected chi connectivity index (χ2v) is 5.56. The Morgan fingerprint density at radius 2 is 1.84 bits per heavy atom. The summed E-state index contributed by atoms with van der Waals surface area (Å²) >= 11 is 0. The molecule has 1 heteroatoms. The van der Waals surface area contributed by atoms with Crippen molar-refractivity contribution in [3.63, 3.8) is 0 Å². The van der Waals surface area contributed by atoms with Crippen LogP contribution in [0.1, 0.15) is 30.9 Å². The zero-order valence-electron chi connectivity index (χ0n) is 11.5. The third kappa shape index (κ3) is 2.28. The maximum Gasteiger partial charge on any atom is 0.0418 e. The van der Waals surface area contributed by atoms with Crippen molar-refractivity contribution in [2.24, 2.45) is 0 Å². The second-order valence-electron chi connectivity index (χ2n) is 5.56. The van der Waals surface area contributed by atoms with Crippen LogP contribution in [0.3, 0.4) is 0 Å². The average Bonchev–Trinajstić information content (AvgIpc) is 2.77. The molecule has 0 aromatic heterocycles. The molecule has 19 heavy (non-hydrogen) atoms. The van der Waals surface area contributed by atoms with Gasteiger partial charge in [-0.2, -0.15) is 0 Å². The molecule has 3 rings (SSSR count). The minimum atomic E-state index is 0.566. The lowest BCUT2D eigenvalue weighted by Crippen LogP contribution is -1.89. The number of hydrogen-bond acceptors (Lipinski definition) is 1. The molecule has 2 aromatic carbocycles. The highest BCUT2D eigenvalue weighted by atomic mass is 14.9. The predicted octanol–water partition coefficient (Wildman–Crippen LogP) is 4.96. The van der Waals surface area contributed by atoms with Crippen molar-refractivity contribution in [1.82, 2.24) is 0 Å². The molecule has 0 saturated carbocycles. The van der Waals surface area contributed by atoms with Crippen LogP contribution >= 0.6 is 0 Å². The fourth-order valence-electron chi connectivity index (χ4n) is 2.58. The third-order valence-corrected chi connectivity index (χ3v) is 3.71. The summed E-state index contributed by atoms with van der Waals surface area (Å²) in [5.74, 6) is 0.566. The van der Waals surface area contributed by atoms with Crippen molar-refractivity contribution >= 4 is 5.69 Å². The van der Waals surface area contributed by atoms with E-state index in [0.717, 1.165) is 12.1 Å². The molecule has 0 aliphatic carbocycles. The van der Waals surface area contributed by atoms with Gasteiger partial charge < -0.3 is 5.32 Å². The van der Waals surface area contributed by atoms with Crippen LogP contribution in [0.4, 0.5) is 5.69 Å². The quantitative estimate of drug-likeness (QED) is 0.793. The van der Waals surface area contributed by atoms with Gasteiger partial charge in [0.25, 0.3) is 0 Å². The zero-order valence-corrected chi connectivity index (χ0v) is 11.5. The summed E-state index contributed by atoms with van der Waals surface area (Å²) in [5, 5.41) is 3.31. The second kappa shape index (κ2) is 4.58. The minimum Gasteiger partial charge on any atom is -0.359 e. The lowest BCUT2D eigenvalue weighted by Gasteiger charge is -2.09. The van der Waals surface area contributed by atoms with Gasteiger partial charge >= 0.3 is 0 Å². The average molecular weight is 249 g/mol. The van der Waals surface area contributed by atoms with Crippen LogP contribution in [-0.4, -0.2) is 0 Å². The van der Waals surface area contributed by atoms with Crippen LogP contribution in [0.15, 0.2) is 54.7 Å². The van der Waals surface area contributed by atoms with Crippen LogP contribution in [0.2, 0.25) is 0 Å². The summed E-state index contributed by atoms with van der Waals surface area (Å²) < 4.78 is 0. The van der Waals surface area contributed by atoms with Crippen LogP contribution < -0.4 is 5.32 Å². The maximum absolute atomic E-state index is 4.00. The molecule has 0 atom stereocenters. The summed E-state index contributed by atoms with van der Waals surface area (Å²) in [6.07, 6.45) is 0.938. The highest BCUT2D eigenvalue weighted by molar-refractivity contribution is 5.72. The van der Waals surface area contributed by atoms with Gasteiger partial charge in [0.15, 0.2) is 0 Å². The fourth-order valence-corrected chi connectivity index (χ4v) is 2.58. The number of benzene rings is 2. The maximum atomic E-state index is 4.00. The number of rotatable bonds is 2. The summed E-state index contributed by atoms with van der Waals surface area (Å²) in [6.45, 7) is 8.46. The summed E-state index contributed by atoms with van der Waals surface area (Å²) in [6, 6.07) is 15.4. The van der Waals surface area contributed by atoms with E-state index < -0.39 is 0 Å². The van der Waals surface area contributed by atoms with Crippen LogP contribution in [0, 0.1) is 0 Å². The molecule has 1 aliphatic heterocycles. The van der Waals surface area contributed by atoms with Gasteiger partial charge in [-0.3, -0.25) is 0 Å². The Morgan fingerprint density at radius 3 is 2.63 bits per heavy atom. The third-order valence-electron chi connectivity index (χ3n) is 3.71. The van der Waals surface area contributed by atoms with E-state index in [-0.39, 0.29) is 0 Å². The van der Waals surface area contributed by atoms with Gasteiger partial charge in [0, 0.05) is 17.8 Å². The summed E-state index contributed by atoms with van der Waals surface area (Å²) in [7, 11) is 0. The molecule has 0 saturated heterocycles. The topological polar surface area (TPSA) is 12.0 Å². The molecule has 1 heterocycles. The van der Waals surface area contributed by atoms with Gasteiger partial charge in [-0.05, 0) is 40.3 Å². The van der Waals surface area contributed by atoms with Gasteiger partial charge in [0.1, 0.15) is 0 Å². The first-order valence-corrected chi connectivity index (χ1v) is 6.81. The Kier molecular flexibility index (Phi) is 2.90. The van der Waals surface area contributed by atoms with Gasteiger partial charge in [-0.15, -0.1) is 0 Å².